The molecule has 0 aromatic heterocycles. The minimum Gasteiger partial charge on any atom is -0.410 e. The van der Waals surface area contributed by atoms with E-state index in [1.54, 1.807) is 24.3 Å². The van der Waals surface area contributed by atoms with Gasteiger partial charge in [0.05, 0.1) is 12.7 Å². The maximum atomic E-state index is 11.9. The highest BCUT2D eigenvalue weighted by atomic mass is 16.6. The lowest BCUT2D eigenvalue weighted by atomic mass is 10.0. The quantitative estimate of drug-likeness (QED) is 0.216. The number of carbonyl (C=O) groups excluding carboxylic acids is 1. The molecule has 30 heavy (non-hydrogen) atoms. The van der Waals surface area contributed by atoms with Crippen molar-refractivity contribution in [2.75, 3.05) is 32.8 Å². The van der Waals surface area contributed by atoms with Crippen LogP contribution in [0.15, 0.2) is 30.3 Å². The average Bonchev–Trinajstić information content (AvgIpc) is 2.75. The molecule has 0 unspecified atom stereocenters. The van der Waals surface area contributed by atoms with Gasteiger partial charge in [-0.3, -0.25) is 4.90 Å². The normalized spacial score (nSPS) is 15.4. The number of benzene rings is 1. The first-order valence-corrected chi connectivity index (χ1v) is 10.4. The summed E-state index contributed by atoms with van der Waals surface area (Å²) in [6.45, 7) is 2.73. The zero-order valence-electron chi connectivity index (χ0n) is 17.6. The van der Waals surface area contributed by atoms with Gasteiger partial charge in [-0.05, 0) is 25.1 Å². The Hall–Kier alpha value is -1.75. The van der Waals surface area contributed by atoms with Crippen molar-refractivity contribution in [1.82, 2.24) is 10.2 Å². The summed E-state index contributed by atoms with van der Waals surface area (Å²) in [5.74, 6) is 0.432. The fourth-order valence-electron chi connectivity index (χ4n) is 2.94. The molecule has 1 aromatic rings. The van der Waals surface area contributed by atoms with Crippen molar-refractivity contribution in [3.8, 4) is 5.75 Å². The van der Waals surface area contributed by atoms with Gasteiger partial charge in [-0.15, -0.1) is 0 Å². The average molecular weight is 429 g/mol. The molecule has 4 atom stereocenters. The van der Waals surface area contributed by atoms with E-state index in [1.807, 2.05) is 11.0 Å². The summed E-state index contributed by atoms with van der Waals surface area (Å²) in [7, 11) is 0. The van der Waals surface area contributed by atoms with Gasteiger partial charge in [-0.2, -0.15) is 0 Å². The molecule has 9 heteroatoms. The highest BCUT2D eigenvalue weighted by Crippen LogP contribution is 2.10. The smallest absolute Gasteiger partial charge is 0.410 e. The number of aliphatic hydroxyl groups excluding tert-OH is 5. The largest absolute Gasteiger partial charge is 0.412 e. The first kappa shape index (κ1) is 26.3. The van der Waals surface area contributed by atoms with Crippen LogP contribution in [-0.4, -0.2) is 93.7 Å². The Morgan fingerprint density at radius 2 is 1.67 bits per heavy atom. The summed E-state index contributed by atoms with van der Waals surface area (Å²) < 4.78 is 5.16. The number of hydrogen-bond acceptors (Lipinski definition) is 8. The molecule has 1 aromatic carbocycles. The van der Waals surface area contributed by atoms with Crippen molar-refractivity contribution in [3.05, 3.63) is 30.3 Å². The van der Waals surface area contributed by atoms with Crippen molar-refractivity contribution < 1.29 is 35.1 Å². The SMILES string of the molecule is CCCCCCN(CCNC(=O)Oc1ccccc1)C[C@H](O)[C@@H](O)[C@H](O)[C@H](O)CO. The number of hydrogen-bond donors (Lipinski definition) is 6. The first-order chi connectivity index (χ1) is 14.4. The predicted molar refractivity (Wildman–Crippen MR) is 112 cm³/mol. The molecule has 0 heterocycles. The topological polar surface area (TPSA) is 143 Å². The lowest BCUT2D eigenvalue weighted by Crippen LogP contribution is -2.50. The van der Waals surface area contributed by atoms with E-state index in [9.17, 15) is 25.2 Å². The van der Waals surface area contributed by atoms with Gasteiger partial charge >= 0.3 is 6.09 Å². The van der Waals surface area contributed by atoms with E-state index in [0.29, 0.717) is 18.8 Å². The summed E-state index contributed by atoms with van der Waals surface area (Å²) in [4.78, 5) is 13.8. The van der Waals surface area contributed by atoms with E-state index in [4.69, 9.17) is 9.84 Å². The van der Waals surface area contributed by atoms with E-state index in [0.717, 1.165) is 25.7 Å². The first-order valence-electron chi connectivity index (χ1n) is 10.4. The number of nitrogens with one attached hydrogen (secondary N) is 1. The van der Waals surface area contributed by atoms with Crippen LogP contribution < -0.4 is 10.1 Å². The summed E-state index contributed by atoms with van der Waals surface area (Å²) >= 11 is 0. The number of para-hydroxylation sites is 1. The van der Waals surface area contributed by atoms with Gasteiger partial charge in [-0.1, -0.05) is 44.4 Å². The molecular weight excluding hydrogens is 392 g/mol. The minimum atomic E-state index is -1.66. The maximum Gasteiger partial charge on any atom is 0.412 e. The van der Waals surface area contributed by atoms with Gasteiger partial charge in [-0.25, -0.2) is 4.79 Å². The van der Waals surface area contributed by atoms with Crippen LogP contribution in [0.2, 0.25) is 0 Å². The number of unbranched alkanes of at least 4 members (excludes halogenated alkanes) is 3. The standard InChI is InChI=1S/C21H36N2O7/c1-2-3-4-8-12-23(14-17(25)19(27)20(28)18(26)15-24)13-11-22-21(29)30-16-9-6-5-7-10-16/h5-7,9-10,17-20,24-28H,2-4,8,11-15H2,1H3,(H,22,29)/t17-,18+,19+,20+/m0/s1. The maximum absolute atomic E-state index is 11.9. The zero-order valence-corrected chi connectivity index (χ0v) is 17.6. The van der Waals surface area contributed by atoms with Gasteiger partial charge in [0, 0.05) is 19.6 Å². The number of nitrogens with zero attached hydrogens (tertiary/aromatic N) is 1. The molecule has 1 rings (SSSR count). The molecule has 0 aliphatic rings. The molecule has 0 spiro atoms. The van der Waals surface area contributed by atoms with Crippen LogP contribution in [-0.2, 0) is 0 Å². The van der Waals surface area contributed by atoms with Gasteiger partial charge in [0.1, 0.15) is 24.1 Å². The third-order valence-corrected chi connectivity index (χ3v) is 4.75. The molecule has 172 valence electrons. The number of carbonyl (C=O) groups is 1. The molecule has 9 nitrogen and oxygen atoms in total. The van der Waals surface area contributed by atoms with E-state index < -0.39 is 37.1 Å². The van der Waals surface area contributed by atoms with Crippen molar-refractivity contribution in [2.45, 2.75) is 57.0 Å². The summed E-state index contributed by atoms with van der Waals surface area (Å²) in [5, 5.41) is 51.1. The highest BCUT2D eigenvalue weighted by molar-refractivity contribution is 5.70. The van der Waals surface area contributed by atoms with E-state index in [1.165, 1.54) is 0 Å². The van der Waals surface area contributed by atoms with E-state index >= 15 is 0 Å². The monoisotopic (exact) mass is 428 g/mol. The summed E-state index contributed by atoms with van der Waals surface area (Å²) in [6.07, 6.45) is -2.66. The van der Waals surface area contributed by atoms with Crippen LogP contribution in [0.25, 0.3) is 0 Å². The van der Waals surface area contributed by atoms with Gasteiger partial charge in [0.2, 0.25) is 0 Å². The Morgan fingerprint density at radius 3 is 2.30 bits per heavy atom. The van der Waals surface area contributed by atoms with E-state index in [2.05, 4.69) is 12.2 Å². The van der Waals surface area contributed by atoms with Crippen LogP contribution >= 0.6 is 0 Å². The summed E-state index contributed by atoms with van der Waals surface area (Å²) in [5.41, 5.74) is 0. The predicted octanol–water partition coefficient (Wildman–Crippen LogP) is 0.0932. The third-order valence-electron chi connectivity index (χ3n) is 4.75. The fourth-order valence-corrected chi connectivity index (χ4v) is 2.94. The molecular formula is C21H36N2O7. The Kier molecular flexibility index (Phi) is 13.2. The van der Waals surface area contributed by atoms with Crippen LogP contribution in [0.5, 0.6) is 5.75 Å². The molecule has 0 saturated carbocycles. The molecule has 0 aliphatic heterocycles. The van der Waals surface area contributed by atoms with Crippen LogP contribution in [0.3, 0.4) is 0 Å². The number of ether oxygens (including phenoxy) is 1. The molecule has 1 amide bonds. The number of aliphatic hydroxyl groups is 5. The summed E-state index contributed by atoms with van der Waals surface area (Å²) in [6, 6.07) is 8.68. The van der Waals surface area contributed by atoms with E-state index in [-0.39, 0.29) is 13.1 Å². The van der Waals surface area contributed by atoms with Crippen LogP contribution in [0.1, 0.15) is 32.6 Å². The Bertz CT molecular complexity index is 576. The molecule has 6 N–H and O–H groups in total. The Balaban J connectivity index is 2.52. The Labute approximate surface area is 177 Å². The van der Waals surface area contributed by atoms with Gasteiger partial charge in [0.15, 0.2) is 0 Å². The second-order valence-corrected chi connectivity index (χ2v) is 7.29. The highest BCUT2D eigenvalue weighted by Gasteiger charge is 2.30. The molecule has 0 fully saturated rings. The van der Waals surface area contributed by atoms with Crippen molar-refractivity contribution in [2.24, 2.45) is 0 Å². The lowest BCUT2D eigenvalue weighted by molar-refractivity contribution is -0.119. The van der Waals surface area contributed by atoms with Crippen molar-refractivity contribution in [1.29, 1.82) is 0 Å². The molecule has 0 saturated heterocycles. The van der Waals surface area contributed by atoms with Gasteiger partial charge in [0.25, 0.3) is 0 Å². The fraction of sp³-hybridized carbons (Fsp3) is 0.667. The second-order valence-electron chi connectivity index (χ2n) is 7.29. The number of rotatable bonds is 15. The molecule has 0 bridgehead atoms. The van der Waals surface area contributed by atoms with Gasteiger partial charge < -0.3 is 35.6 Å². The third kappa shape index (κ3) is 10.3. The van der Waals surface area contributed by atoms with Crippen molar-refractivity contribution in [3.63, 3.8) is 0 Å². The van der Waals surface area contributed by atoms with Crippen molar-refractivity contribution >= 4 is 6.09 Å². The zero-order chi connectivity index (χ0) is 22.4. The molecule has 0 aliphatic carbocycles. The minimum absolute atomic E-state index is 0.0396. The molecule has 0 radical (unpaired) electrons. The van der Waals surface area contributed by atoms with Crippen LogP contribution in [0.4, 0.5) is 4.79 Å². The van der Waals surface area contributed by atoms with Crippen LogP contribution in [0, 0.1) is 0 Å². The Morgan fingerprint density at radius 1 is 1.00 bits per heavy atom. The lowest BCUT2D eigenvalue weighted by Gasteiger charge is -2.30. The second kappa shape index (κ2) is 15.1. The number of amides is 1.